The number of ether oxygens (including phenoxy) is 2. The first-order valence-corrected chi connectivity index (χ1v) is 6.61. The van der Waals surface area contributed by atoms with Crippen LogP contribution in [0.15, 0.2) is 24.3 Å². The molecule has 1 aliphatic heterocycles. The van der Waals surface area contributed by atoms with Gasteiger partial charge in [0.05, 0.1) is 12.2 Å². The summed E-state index contributed by atoms with van der Waals surface area (Å²) < 4.78 is 10.8. The van der Waals surface area contributed by atoms with Gasteiger partial charge in [0.2, 0.25) is 0 Å². The fraction of sp³-hybridized carbons (Fsp3) is 0.533. The van der Waals surface area contributed by atoms with Crippen molar-refractivity contribution >= 4 is 11.7 Å². The molecule has 0 radical (unpaired) electrons. The predicted molar refractivity (Wildman–Crippen MR) is 74.3 cm³/mol. The highest BCUT2D eigenvalue weighted by Crippen LogP contribution is 2.31. The summed E-state index contributed by atoms with van der Waals surface area (Å²) >= 11 is 0. The standard InChI is InChI=1S/C15H21NO3/c1-15(2,3)19-9-8-18-14(17)12-10-16-13-7-5-4-6-11(12)13/h4-7,12,16H,8-10H2,1-3H3. The van der Waals surface area contributed by atoms with Crippen LogP contribution >= 0.6 is 0 Å². The topological polar surface area (TPSA) is 47.6 Å². The van der Waals surface area contributed by atoms with Crippen molar-refractivity contribution in [3.05, 3.63) is 29.8 Å². The number of benzene rings is 1. The summed E-state index contributed by atoms with van der Waals surface area (Å²) in [6, 6.07) is 7.84. The molecule has 1 aromatic carbocycles. The summed E-state index contributed by atoms with van der Waals surface area (Å²) in [5.74, 6) is -0.388. The SMILES string of the molecule is CC(C)(C)OCCOC(=O)C1CNc2ccccc21. The molecule has 104 valence electrons. The van der Waals surface area contributed by atoms with E-state index in [0.29, 0.717) is 19.8 Å². The fourth-order valence-electron chi connectivity index (χ4n) is 2.08. The highest BCUT2D eigenvalue weighted by Gasteiger charge is 2.29. The lowest BCUT2D eigenvalue weighted by Gasteiger charge is -2.19. The Morgan fingerprint density at radius 3 is 2.79 bits per heavy atom. The zero-order chi connectivity index (χ0) is 13.9. The van der Waals surface area contributed by atoms with E-state index in [0.717, 1.165) is 11.3 Å². The number of carbonyl (C=O) groups excluding carboxylic acids is 1. The fourth-order valence-corrected chi connectivity index (χ4v) is 2.08. The Balaban J connectivity index is 1.82. The molecule has 1 heterocycles. The average molecular weight is 263 g/mol. The first-order valence-electron chi connectivity index (χ1n) is 6.61. The second-order valence-electron chi connectivity index (χ2n) is 5.65. The number of hydrogen-bond acceptors (Lipinski definition) is 4. The van der Waals surface area contributed by atoms with Gasteiger partial charge in [-0.2, -0.15) is 0 Å². The Kier molecular flexibility index (Phi) is 4.10. The van der Waals surface area contributed by atoms with E-state index >= 15 is 0 Å². The summed E-state index contributed by atoms with van der Waals surface area (Å²) in [5.41, 5.74) is 1.84. The maximum absolute atomic E-state index is 12.0. The molecule has 0 aromatic heterocycles. The number of esters is 1. The Labute approximate surface area is 114 Å². The third kappa shape index (κ3) is 3.70. The van der Waals surface area contributed by atoms with Crippen molar-refractivity contribution in [3.63, 3.8) is 0 Å². The summed E-state index contributed by atoms with van der Waals surface area (Å²) in [7, 11) is 0. The number of carbonyl (C=O) groups is 1. The zero-order valence-electron chi connectivity index (χ0n) is 11.7. The quantitative estimate of drug-likeness (QED) is 0.670. The van der Waals surface area contributed by atoms with E-state index in [2.05, 4.69) is 5.32 Å². The van der Waals surface area contributed by atoms with Crippen molar-refractivity contribution in [1.82, 2.24) is 0 Å². The number of nitrogens with one attached hydrogen (secondary N) is 1. The molecule has 1 aliphatic rings. The van der Waals surface area contributed by atoms with Gasteiger partial charge in [0.1, 0.15) is 12.5 Å². The normalized spacial score (nSPS) is 17.7. The lowest BCUT2D eigenvalue weighted by atomic mass is 10.0. The molecule has 1 aromatic rings. The molecule has 0 fully saturated rings. The molecule has 0 spiro atoms. The van der Waals surface area contributed by atoms with Crippen molar-refractivity contribution in [3.8, 4) is 0 Å². The first kappa shape index (κ1) is 13.9. The lowest BCUT2D eigenvalue weighted by Crippen LogP contribution is -2.24. The van der Waals surface area contributed by atoms with Gasteiger partial charge in [-0.15, -0.1) is 0 Å². The maximum atomic E-state index is 12.0. The van der Waals surface area contributed by atoms with Crippen LogP contribution < -0.4 is 5.32 Å². The third-order valence-electron chi connectivity index (χ3n) is 2.98. The van der Waals surface area contributed by atoms with Crippen LogP contribution in [0, 0.1) is 0 Å². The van der Waals surface area contributed by atoms with Gasteiger partial charge in [-0.3, -0.25) is 4.79 Å². The van der Waals surface area contributed by atoms with Gasteiger partial charge < -0.3 is 14.8 Å². The molecule has 19 heavy (non-hydrogen) atoms. The highest BCUT2D eigenvalue weighted by atomic mass is 16.6. The molecule has 1 unspecified atom stereocenters. The van der Waals surface area contributed by atoms with Gasteiger partial charge >= 0.3 is 5.97 Å². The molecule has 4 nitrogen and oxygen atoms in total. The van der Waals surface area contributed by atoms with Crippen molar-refractivity contribution in [2.24, 2.45) is 0 Å². The van der Waals surface area contributed by atoms with Crippen molar-refractivity contribution in [2.75, 3.05) is 25.1 Å². The average Bonchev–Trinajstić information content (AvgIpc) is 2.77. The highest BCUT2D eigenvalue weighted by molar-refractivity contribution is 5.83. The van der Waals surface area contributed by atoms with Crippen molar-refractivity contribution < 1.29 is 14.3 Å². The molecule has 2 rings (SSSR count). The second-order valence-corrected chi connectivity index (χ2v) is 5.65. The van der Waals surface area contributed by atoms with Crippen LogP contribution in [0.1, 0.15) is 32.3 Å². The van der Waals surface area contributed by atoms with Crippen LogP contribution in [0.3, 0.4) is 0 Å². The van der Waals surface area contributed by atoms with Gasteiger partial charge in [-0.05, 0) is 32.4 Å². The zero-order valence-corrected chi connectivity index (χ0v) is 11.7. The molecule has 0 aliphatic carbocycles. The van der Waals surface area contributed by atoms with Gasteiger partial charge in [0.25, 0.3) is 0 Å². The van der Waals surface area contributed by atoms with Gasteiger partial charge in [-0.25, -0.2) is 0 Å². The Hall–Kier alpha value is -1.55. The first-order chi connectivity index (χ1) is 8.97. The molecule has 1 atom stereocenters. The molecular weight excluding hydrogens is 242 g/mol. The van der Waals surface area contributed by atoms with Crippen molar-refractivity contribution in [2.45, 2.75) is 32.3 Å². The van der Waals surface area contributed by atoms with Crippen molar-refractivity contribution in [1.29, 1.82) is 0 Å². The van der Waals surface area contributed by atoms with Crippen LogP contribution in [0.2, 0.25) is 0 Å². The predicted octanol–water partition coefficient (Wildman–Crippen LogP) is 2.55. The maximum Gasteiger partial charge on any atom is 0.315 e. The van der Waals surface area contributed by atoms with Crippen LogP contribution in [0.4, 0.5) is 5.69 Å². The minimum Gasteiger partial charge on any atom is -0.463 e. The Bertz CT molecular complexity index is 451. The van der Waals surface area contributed by atoms with E-state index in [4.69, 9.17) is 9.47 Å². The number of hydrogen-bond donors (Lipinski definition) is 1. The third-order valence-corrected chi connectivity index (χ3v) is 2.98. The minimum atomic E-state index is -0.203. The summed E-state index contributed by atoms with van der Waals surface area (Å²) in [6.45, 7) is 7.27. The smallest absolute Gasteiger partial charge is 0.315 e. The summed E-state index contributed by atoms with van der Waals surface area (Å²) in [5, 5.41) is 3.21. The molecule has 0 amide bonds. The largest absolute Gasteiger partial charge is 0.463 e. The second kappa shape index (κ2) is 5.61. The molecule has 4 heteroatoms. The summed E-state index contributed by atoms with van der Waals surface area (Å²) in [6.07, 6.45) is 0. The minimum absolute atomic E-state index is 0.185. The monoisotopic (exact) mass is 263 g/mol. The van der Waals surface area contributed by atoms with E-state index in [-0.39, 0.29) is 17.5 Å². The van der Waals surface area contributed by atoms with Gasteiger partial charge in [0, 0.05) is 12.2 Å². The van der Waals surface area contributed by atoms with Gasteiger partial charge in [-0.1, -0.05) is 18.2 Å². The van der Waals surface area contributed by atoms with E-state index in [1.807, 2.05) is 45.0 Å². The van der Waals surface area contributed by atoms with Gasteiger partial charge in [0.15, 0.2) is 0 Å². The number of anilines is 1. The number of para-hydroxylation sites is 1. The van der Waals surface area contributed by atoms with Crippen LogP contribution in [-0.2, 0) is 14.3 Å². The Morgan fingerprint density at radius 1 is 1.32 bits per heavy atom. The molecule has 1 N–H and O–H groups in total. The van der Waals surface area contributed by atoms with E-state index in [1.54, 1.807) is 0 Å². The van der Waals surface area contributed by atoms with E-state index < -0.39 is 0 Å². The molecule has 0 saturated carbocycles. The number of rotatable bonds is 4. The van der Waals surface area contributed by atoms with Crippen LogP contribution in [0.5, 0.6) is 0 Å². The van der Waals surface area contributed by atoms with Crippen LogP contribution in [0.25, 0.3) is 0 Å². The number of fused-ring (bicyclic) bond motifs is 1. The van der Waals surface area contributed by atoms with E-state index in [9.17, 15) is 4.79 Å². The lowest BCUT2D eigenvalue weighted by molar-refractivity contribution is -0.148. The summed E-state index contributed by atoms with van der Waals surface area (Å²) in [4.78, 5) is 12.0. The molecule has 0 bridgehead atoms. The molecular formula is C15H21NO3. The Morgan fingerprint density at radius 2 is 2.05 bits per heavy atom. The van der Waals surface area contributed by atoms with E-state index in [1.165, 1.54) is 0 Å². The van der Waals surface area contributed by atoms with Crippen LogP contribution in [-0.4, -0.2) is 31.3 Å². The molecule has 0 saturated heterocycles.